The highest BCUT2D eigenvalue weighted by Crippen LogP contribution is 2.26. The first-order valence-corrected chi connectivity index (χ1v) is 6.93. The van der Waals surface area contributed by atoms with E-state index in [0.717, 1.165) is 6.08 Å². The maximum absolute atomic E-state index is 12.3. The van der Waals surface area contributed by atoms with Crippen LogP contribution in [0.1, 0.15) is 15.9 Å². The van der Waals surface area contributed by atoms with Gasteiger partial charge in [0.25, 0.3) is 0 Å². The highest BCUT2D eigenvalue weighted by molar-refractivity contribution is 6.10. The molecule has 2 rings (SSSR count). The fraction of sp³-hybridized carbons (Fsp3) is 0.111. The van der Waals surface area contributed by atoms with Crippen molar-refractivity contribution in [2.75, 3.05) is 6.61 Å². The van der Waals surface area contributed by atoms with E-state index in [-0.39, 0.29) is 29.5 Å². The molecule has 0 amide bonds. The lowest BCUT2D eigenvalue weighted by Gasteiger charge is -2.11. The van der Waals surface area contributed by atoms with Gasteiger partial charge in [-0.3, -0.25) is 9.59 Å². The zero-order chi connectivity index (χ0) is 16.8. The number of hydrogen-bond acceptors (Lipinski definition) is 5. The van der Waals surface area contributed by atoms with Gasteiger partial charge in [0.1, 0.15) is 18.1 Å². The lowest BCUT2D eigenvalue weighted by molar-refractivity contribution is -0.123. The number of carbonyl (C=O) groups excluding carboxylic acids is 2. The molecular formula is C18H16O5. The smallest absolute Gasteiger partial charge is 0.196 e. The van der Waals surface area contributed by atoms with Gasteiger partial charge in [-0.05, 0) is 18.2 Å². The molecule has 118 valence electrons. The third-order valence-electron chi connectivity index (χ3n) is 3.19. The predicted octanol–water partition coefficient (Wildman–Crippen LogP) is 2.12. The van der Waals surface area contributed by atoms with E-state index in [1.807, 2.05) is 0 Å². The normalized spacial score (nSPS) is 11.5. The van der Waals surface area contributed by atoms with Crippen molar-refractivity contribution in [1.82, 2.24) is 0 Å². The van der Waals surface area contributed by atoms with E-state index in [0.29, 0.717) is 5.56 Å². The second kappa shape index (κ2) is 7.38. The first-order valence-electron chi connectivity index (χ1n) is 6.93. The molecule has 2 aromatic carbocycles. The van der Waals surface area contributed by atoms with Gasteiger partial charge in [0.2, 0.25) is 0 Å². The van der Waals surface area contributed by atoms with Gasteiger partial charge < -0.3 is 14.9 Å². The number of aromatic hydroxyl groups is 1. The Bertz CT molecular complexity index is 721. The molecule has 0 fully saturated rings. The highest BCUT2D eigenvalue weighted by atomic mass is 16.5. The lowest BCUT2D eigenvalue weighted by Crippen LogP contribution is -2.25. The Kier molecular flexibility index (Phi) is 5.28. The van der Waals surface area contributed by atoms with Crippen LogP contribution in [-0.4, -0.2) is 34.5 Å². The van der Waals surface area contributed by atoms with Crippen molar-refractivity contribution in [3.8, 4) is 11.5 Å². The third kappa shape index (κ3) is 4.05. The monoisotopic (exact) mass is 312 g/mol. The molecule has 5 nitrogen and oxygen atoms in total. The summed E-state index contributed by atoms with van der Waals surface area (Å²) in [6, 6.07) is 12.8. The van der Waals surface area contributed by atoms with E-state index in [4.69, 9.17) is 4.74 Å². The first kappa shape index (κ1) is 16.5. The van der Waals surface area contributed by atoms with Crippen molar-refractivity contribution < 1.29 is 24.5 Å². The number of phenolic OH excluding ortho intramolecular Hbond substituents is 1. The van der Waals surface area contributed by atoms with Crippen LogP contribution in [-0.2, 0) is 4.79 Å². The quantitative estimate of drug-likeness (QED) is 0.604. The molecule has 0 saturated carbocycles. The zero-order valence-electron chi connectivity index (χ0n) is 12.3. The zero-order valence-corrected chi connectivity index (χ0v) is 12.3. The summed E-state index contributed by atoms with van der Waals surface area (Å²) in [5.41, 5.74) is 0.606. The molecule has 0 heterocycles. The minimum Gasteiger partial charge on any atom is -0.507 e. The number of aliphatic hydroxyl groups excluding tert-OH is 1. The SMILES string of the molecule is C=CC(=O)C(O)COc1ccc(C(=O)c2ccccc2)c(O)c1. The average molecular weight is 312 g/mol. The van der Waals surface area contributed by atoms with Crippen molar-refractivity contribution in [3.05, 3.63) is 72.3 Å². The van der Waals surface area contributed by atoms with Gasteiger partial charge in [-0.1, -0.05) is 36.9 Å². The third-order valence-corrected chi connectivity index (χ3v) is 3.19. The molecule has 0 aliphatic rings. The Balaban J connectivity index is 2.10. The number of ketones is 2. The summed E-state index contributed by atoms with van der Waals surface area (Å²) >= 11 is 0. The van der Waals surface area contributed by atoms with E-state index >= 15 is 0 Å². The van der Waals surface area contributed by atoms with Crippen molar-refractivity contribution in [2.45, 2.75) is 6.10 Å². The Morgan fingerprint density at radius 3 is 2.48 bits per heavy atom. The van der Waals surface area contributed by atoms with Gasteiger partial charge in [-0.2, -0.15) is 0 Å². The van der Waals surface area contributed by atoms with Gasteiger partial charge in [0.05, 0.1) is 5.56 Å². The Morgan fingerprint density at radius 1 is 1.17 bits per heavy atom. The molecular weight excluding hydrogens is 296 g/mol. The van der Waals surface area contributed by atoms with Crippen LogP contribution in [0.25, 0.3) is 0 Å². The summed E-state index contributed by atoms with van der Waals surface area (Å²) < 4.78 is 5.22. The molecule has 0 aliphatic heterocycles. The van der Waals surface area contributed by atoms with Crippen molar-refractivity contribution in [1.29, 1.82) is 0 Å². The number of carbonyl (C=O) groups is 2. The number of aliphatic hydroxyl groups is 1. The summed E-state index contributed by atoms with van der Waals surface area (Å²) in [5.74, 6) is -0.856. The maximum Gasteiger partial charge on any atom is 0.196 e. The minimum absolute atomic E-state index is 0.145. The van der Waals surface area contributed by atoms with E-state index < -0.39 is 11.9 Å². The van der Waals surface area contributed by atoms with Crippen LogP contribution >= 0.6 is 0 Å². The lowest BCUT2D eigenvalue weighted by atomic mass is 10.0. The van der Waals surface area contributed by atoms with Crippen molar-refractivity contribution in [2.24, 2.45) is 0 Å². The summed E-state index contributed by atoms with van der Waals surface area (Å²) in [6.45, 7) is 3.00. The molecule has 5 heteroatoms. The molecule has 0 aromatic heterocycles. The number of phenols is 1. The van der Waals surface area contributed by atoms with E-state index in [1.165, 1.54) is 18.2 Å². The molecule has 0 bridgehead atoms. The van der Waals surface area contributed by atoms with Crippen molar-refractivity contribution >= 4 is 11.6 Å². The predicted molar refractivity (Wildman–Crippen MR) is 84.7 cm³/mol. The molecule has 1 atom stereocenters. The fourth-order valence-electron chi connectivity index (χ4n) is 1.93. The van der Waals surface area contributed by atoms with Gasteiger partial charge >= 0.3 is 0 Å². The standard InChI is InChI=1S/C18H16O5/c1-2-15(19)17(21)11-23-13-8-9-14(16(20)10-13)18(22)12-6-4-3-5-7-12/h2-10,17,20-21H,1,11H2. The second-order valence-corrected chi connectivity index (χ2v) is 4.81. The molecule has 0 spiro atoms. The largest absolute Gasteiger partial charge is 0.507 e. The number of ether oxygens (including phenoxy) is 1. The Hall–Kier alpha value is -2.92. The first-order chi connectivity index (χ1) is 11.0. The molecule has 1 unspecified atom stereocenters. The molecule has 0 radical (unpaired) electrons. The van der Waals surface area contributed by atoms with Crippen LogP contribution in [0.2, 0.25) is 0 Å². The fourth-order valence-corrected chi connectivity index (χ4v) is 1.93. The van der Waals surface area contributed by atoms with Crippen LogP contribution in [0.15, 0.2) is 61.2 Å². The summed E-state index contributed by atoms with van der Waals surface area (Å²) in [5, 5.41) is 19.5. The van der Waals surface area contributed by atoms with Gasteiger partial charge in [-0.15, -0.1) is 0 Å². The average Bonchev–Trinajstić information content (AvgIpc) is 2.59. The summed E-state index contributed by atoms with van der Waals surface area (Å²) in [4.78, 5) is 23.4. The minimum atomic E-state index is -1.32. The molecule has 0 aliphatic carbocycles. The Morgan fingerprint density at radius 2 is 1.87 bits per heavy atom. The van der Waals surface area contributed by atoms with Gasteiger partial charge in [-0.25, -0.2) is 0 Å². The van der Waals surface area contributed by atoms with Gasteiger partial charge in [0, 0.05) is 11.6 Å². The van der Waals surface area contributed by atoms with Crippen molar-refractivity contribution in [3.63, 3.8) is 0 Å². The Labute approximate surface area is 133 Å². The second-order valence-electron chi connectivity index (χ2n) is 4.81. The number of rotatable bonds is 7. The molecule has 2 aromatic rings. The summed E-state index contributed by atoms with van der Waals surface area (Å²) in [7, 11) is 0. The van der Waals surface area contributed by atoms with Crippen LogP contribution in [0.4, 0.5) is 0 Å². The van der Waals surface area contributed by atoms with E-state index in [2.05, 4.69) is 6.58 Å². The van der Waals surface area contributed by atoms with E-state index in [9.17, 15) is 19.8 Å². The maximum atomic E-state index is 12.3. The molecule has 0 saturated heterocycles. The highest BCUT2D eigenvalue weighted by Gasteiger charge is 2.16. The van der Waals surface area contributed by atoms with E-state index in [1.54, 1.807) is 30.3 Å². The summed E-state index contributed by atoms with van der Waals surface area (Å²) in [6.07, 6.45) is -0.312. The number of hydrogen-bond donors (Lipinski definition) is 2. The number of benzene rings is 2. The molecule has 2 N–H and O–H groups in total. The van der Waals surface area contributed by atoms with Gasteiger partial charge in [0.15, 0.2) is 17.7 Å². The van der Waals surface area contributed by atoms with Crippen LogP contribution in [0.3, 0.4) is 0 Å². The van der Waals surface area contributed by atoms with Crippen LogP contribution in [0.5, 0.6) is 11.5 Å². The van der Waals surface area contributed by atoms with Crippen LogP contribution in [0, 0.1) is 0 Å². The van der Waals surface area contributed by atoms with Crippen LogP contribution < -0.4 is 4.74 Å². The molecule has 23 heavy (non-hydrogen) atoms. The topological polar surface area (TPSA) is 83.8 Å².